The average Bonchev–Trinajstić information content (AvgIpc) is 2.69. The van der Waals surface area contributed by atoms with Crippen molar-refractivity contribution in [1.29, 1.82) is 0 Å². The van der Waals surface area contributed by atoms with E-state index in [1.54, 1.807) is 0 Å². The van der Waals surface area contributed by atoms with Gasteiger partial charge in [0, 0.05) is 18.0 Å². The lowest BCUT2D eigenvalue weighted by Gasteiger charge is -2.12. The van der Waals surface area contributed by atoms with E-state index in [9.17, 15) is 4.79 Å². The van der Waals surface area contributed by atoms with Crippen molar-refractivity contribution in [2.45, 2.75) is 71.6 Å². The van der Waals surface area contributed by atoms with Gasteiger partial charge in [-0.15, -0.1) is 0 Å². The molecule has 4 heteroatoms. The van der Waals surface area contributed by atoms with E-state index in [0.29, 0.717) is 13.0 Å². The van der Waals surface area contributed by atoms with Crippen LogP contribution in [0.15, 0.2) is 36.7 Å². The Kier molecular flexibility index (Phi) is 8.96. The molecule has 4 nitrogen and oxygen atoms in total. The lowest BCUT2D eigenvalue weighted by Crippen LogP contribution is -2.09. The Morgan fingerprint density at radius 1 is 1.00 bits per heavy atom. The summed E-state index contributed by atoms with van der Waals surface area (Å²) in [4.78, 5) is 20.9. The van der Waals surface area contributed by atoms with E-state index in [1.165, 1.54) is 18.4 Å². The quantitative estimate of drug-likeness (QED) is 0.376. The van der Waals surface area contributed by atoms with Crippen molar-refractivity contribution in [3.63, 3.8) is 0 Å². The molecular weight excluding hydrogens is 336 g/mol. The van der Waals surface area contributed by atoms with Crippen LogP contribution in [0.2, 0.25) is 0 Å². The molecule has 1 atom stereocenters. The highest BCUT2D eigenvalue weighted by Gasteiger charge is 2.13. The largest absolute Gasteiger partial charge is 0.466 e. The number of unbranched alkanes of at least 4 members (excludes halogenated alkanes) is 3. The predicted octanol–water partition coefficient (Wildman–Crippen LogP) is 5.71. The molecule has 2 aromatic rings. The Bertz CT molecular complexity index is 681. The summed E-state index contributed by atoms with van der Waals surface area (Å²) >= 11 is 0. The molecule has 0 fully saturated rings. The Labute approximate surface area is 163 Å². The van der Waals surface area contributed by atoms with E-state index >= 15 is 0 Å². The molecule has 27 heavy (non-hydrogen) atoms. The van der Waals surface area contributed by atoms with Gasteiger partial charge in [-0.1, -0.05) is 70.7 Å². The minimum absolute atomic E-state index is 0.113. The summed E-state index contributed by atoms with van der Waals surface area (Å²) in [5, 5.41) is 0. The molecule has 1 aromatic carbocycles. The maximum Gasteiger partial charge on any atom is 0.306 e. The van der Waals surface area contributed by atoms with Crippen molar-refractivity contribution in [2.24, 2.45) is 0 Å². The zero-order chi connectivity index (χ0) is 19.5. The average molecular weight is 369 g/mol. The number of ether oxygens (including phenoxy) is 1. The van der Waals surface area contributed by atoms with E-state index in [2.05, 4.69) is 42.9 Å². The number of esters is 1. The standard InChI is InChI=1S/C23H32N2O2/c1-4-6-7-8-14-27-22(26)15-18(3)20-10-12-21(13-11-20)23-24-16-19(9-5-2)17-25-23/h10-13,16-18H,4-9,14-15H2,1-3H3. The molecular formula is C23H32N2O2. The highest BCUT2D eigenvalue weighted by molar-refractivity contribution is 5.70. The minimum Gasteiger partial charge on any atom is -0.466 e. The number of hydrogen-bond donors (Lipinski definition) is 0. The van der Waals surface area contributed by atoms with Crippen molar-refractivity contribution < 1.29 is 9.53 Å². The molecule has 0 aliphatic rings. The fourth-order valence-electron chi connectivity index (χ4n) is 3.02. The third-order valence-electron chi connectivity index (χ3n) is 4.72. The van der Waals surface area contributed by atoms with Crippen LogP contribution in [0, 0.1) is 0 Å². The van der Waals surface area contributed by atoms with Gasteiger partial charge in [-0.3, -0.25) is 4.79 Å². The number of benzene rings is 1. The SMILES string of the molecule is CCCCCCOC(=O)CC(C)c1ccc(-c2ncc(CCC)cn2)cc1. The fraction of sp³-hybridized carbons (Fsp3) is 0.522. The number of hydrogen-bond acceptors (Lipinski definition) is 4. The topological polar surface area (TPSA) is 52.1 Å². The maximum atomic E-state index is 12.0. The normalized spacial score (nSPS) is 12.0. The molecule has 0 saturated heterocycles. The van der Waals surface area contributed by atoms with Crippen LogP contribution >= 0.6 is 0 Å². The van der Waals surface area contributed by atoms with Gasteiger partial charge >= 0.3 is 5.97 Å². The van der Waals surface area contributed by atoms with Crippen molar-refractivity contribution in [3.05, 3.63) is 47.8 Å². The molecule has 1 aromatic heterocycles. The lowest BCUT2D eigenvalue weighted by atomic mass is 9.96. The predicted molar refractivity (Wildman–Crippen MR) is 110 cm³/mol. The Balaban J connectivity index is 1.85. The molecule has 0 radical (unpaired) electrons. The molecule has 0 spiro atoms. The Morgan fingerprint density at radius 2 is 1.70 bits per heavy atom. The molecule has 146 valence electrons. The van der Waals surface area contributed by atoms with Gasteiger partial charge < -0.3 is 4.74 Å². The van der Waals surface area contributed by atoms with Crippen molar-refractivity contribution in [2.75, 3.05) is 6.61 Å². The fourth-order valence-corrected chi connectivity index (χ4v) is 3.02. The maximum absolute atomic E-state index is 12.0. The summed E-state index contributed by atoms with van der Waals surface area (Å²) in [6.07, 6.45) is 10.8. The van der Waals surface area contributed by atoms with E-state index in [0.717, 1.165) is 42.6 Å². The summed E-state index contributed by atoms with van der Waals surface area (Å²) in [7, 11) is 0. The number of aryl methyl sites for hydroxylation is 1. The zero-order valence-electron chi connectivity index (χ0n) is 16.9. The van der Waals surface area contributed by atoms with Gasteiger partial charge in [0.05, 0.1) is 13.0 Å². The van der Waals surface area contributed by atoms with Gasteiger partial charge in [0.1, 0.15) is 0 Å². The second kappa shape index (κ2) is 11.5. The van der Waals surface area contributed by atoms with Gasteiger partial charge in [0.25, 0.3) is 0 Å². The molecule has 1 heterocycles. The van der Waals surface area contributed by atoms with Crippen LogP contribution in [0.4, 0.5) is 0 Å². The third-order valence-corrected chi connectivity index (χ3v) is 4.72. The summed E-state index contributed by atoms with van der Waals surface area (Å²) in [5.41, 5.74) is 3.29. The highest BCUT2D eigenvalue weighted by atomic mass is 16.5. The third kappa shape index (κ3) is 7.12. The second-order valence-electron chi connectivity index (χ2n) is 7.17. The Hall–Kier alpha value is -2.23. The molecule has 2 rings (SSSR count). The Morgan fingerprint density at radius 3 is 2.33 bits per heavy atom. The van der Waals surface area contributed by atoms with Crippen LogP contribution in [0.25, 0.3) is 11.4 Å². The summed E-state index contributed by atoms with van der Waals surface area (Å²) < 4.78 is 5.35. The van der Waals surface area contributed by atoms with Crippen LogP contribution in [-0.4, -0.2) is 22.5 Å². The molecule has 1 unspecified atom stereocenters. The second-order valence-corrected chi connectivity index (χ2v) is 7.17. The summed E-state index contributed by atoms with van der Waals surface area (Å²) in [6, 6.07) is 8.16. The molecule has 0 bridgehead atoms. The number of nitrogens with zero attached hydrogens (tertiary/aromatic N) is 2. The smallest absolute Gasteiger partial charge is 0.306 e. The van der Waals surface area contributed by atoms with Crippen LogP contribution in [-0.2, 0) is 16.0 Å². The van der Waals surface area contributed by atoms with E-state index < -0.39 is 0 Å². The molecule has 0 saturated carbocycles. The van der Waals surface area contributed by atoms with Gasteiger partial charge in [0.15, 0.2) is 5.82 Å². The van der Waals surface area contributed by atoms with Crippen LogP contribution in [0.5, 0.6) is 0 Å². The number of aromatic nitrogens is 2. The van der Waals surface area contributed by atoms with Gasteiger partial charge in [-0.05, 0) is 29.9 Å². The summed E-state index contributed by atoms with van der Waals surface area (Å²) in [6.45, 7) is 6.92. The molecule has 0 aliphatic carbocycles. The monoisotopic (exact) mass is 368 g/mol. The lowest BCUT2D eigenvalue weighted by molar-refractivity contribution is -0.144. The number of rotatable bonds is 11. The summed E-state index contributed by atoms with van der Waals surface area (Å²) in [5.74, 6) is 0.758. The first-order valence-electron chi connectivity index (χ1n) is 10.2. The first kappa shape index (κ1) is 21.1. The van der Waals surface area contributed by atoms with Gasteiger partial charge in [-0.2, -0.15) is 0 Å². The van der Waals surface area contributed by atoms with Crippen LogP contribution in [0.1, 0.15) is 76.3 Å². The van der Waals surface area contributed by atoms with Crippen LogP contribution < -0.4 is 0 Å². The molecule has 0 amide bonds. The van der Waals surface area contributed by atoms with E-state index in [1.807, 2.05) is 24.5 Å². The molecule has 0 N–H and O–H groups in total. The van der Waals surface area contributed by atoms with Crippen molar-refractivity contribution in [3.8, 4) is 11.4 Å². The first-order valence-corrected chi connectivity index (χ1v) is 10.2. The first-order chi connectivity index (χ1) is 13.1. The van der Waals surface area contributed by atoms with Crippen molar-refractivity contribution >= 4 is 5.97 Å². The highest BCUT2D eigenvalue weighted by Crippen LogP contribution is 2.23. The molecule has 0 aliphatic heterocycles. The zero-order valence-corrected chi connectivity index (χ0v) is 16.9. The number of carbonyl (C=O) groups excluding carboxylic acids is 1. The minimum atomic E-state index is -0.113. The van der Waals surface area contributed by atoms with Gasteiger partial charge in [-0.25, -0.2) is 9.97 Å². The van der Waals surface area contributed by atoms with Crippen LogP contribution in [0.3, 0.4) is 0 Å². The van der Waals surface area contributed by atoms with Crippen molar-refractivity contribution in [1.82, 2.24) is 9.97 Å². The number of carbonyl (C=O) groups is 1. The van der Waals surface area contributed by atoms with E-state index in [-0.39, 0.29) is 11.9 Å². The van der Waals surface area contributed by atoms with Gasteiger partial charge in [0.2, 0.25) is 0 Å². The van der Waals surface area contributed by atoms with E-state index in [4.69, 9.17) is 4.74 Å².